The zero-order chi connectivity index (χ0) is 14.1. The number of hydrogen-bond acceptors (Lipinski definition) is 1. The molecule has 3 rings (SSSR count). The maximum absolute atomic E-state index is 13.8. The molecule has 0 bridgehead atoms. The van der Waals surface area contributed by atoms with Gasteiger partial charge in [0.1, 0.15) is 11.6 Å². The van der Waals surface area contributed by atoms with Crippen LogP contribution >= 0.6 is 0 Å². The molecule has 0 aromatic heterocycles. The molecule has 104 valence electrons. The van der Waals surface area contributed by atoms with Gasteiger partial charge in [-0.1, -0.05) is 30.3 Å². The third-order valence-electron chi connectivity index (χ3n) is 4.21. The highest BCUT2D eigenvalue weighted by molar-refractivity contribution is 5.31. The zero-order valence-corrected chi connectivity index (χ0v) is 11.2. The maximum Gasteiger partial charge on any atom is 0.130 e. The van der Waals surface area contributed by atoms with Crippen molar-refractivity contribution < 1.29 is 8.78 Å². The minimum Gasteiger partial charge on any atom is -0.324 e. The minimum atomic E-state index is -0.563. The molecule has 0 heterocycles. The van der Waals surface area contributed by atoms with Crippen molar-refractivity contribution in [1.82, 2.24) is 0 Å². The number of rotatable bonds is 2. The molecule has 3 heteroatoms. The summed E-state index contributed by atoms with van der Waals surface area (Å²) in [5.74, 6) is -0.909. The van der Waals surface area contributed by atoms with Crippen LogP contribution in [0.15, 0.2) is 42.5 Å². The molecule has 2 N–H and O–H groups in total. The topological polar surface area (TPSA) is 26.0 Å². The molecule has 0 saturated heterocycles. The SMILES string of the molecule is NC(c1ccc(F)cc1F)C1CCc2ccccc2C1. The highest BCUT2D eigenvalue weighted by Crippen LogP contribution is 2.33. The molecule has 2 unspecified atom stereocenters. The summed E-state index contributed by atoms with van der Waals surface area (Å²) in [6.07, 6.45) is 2.76. The predicted molar refractivity (Wildman–Crippen MR) is 75.2 cm³/mol. The summed E-state index contributed by atoms with van der Waals surface area (Å²) in [6.45, 7) is 0. The highest BCUT2D eigenvalue weighted by Gasteiger charge is 2.26. The predicted octanol–water partition coefficient (Wildman–Crippen LogP) is 3.77. The largest absolute Gasteiger partial charge is 0.324 e. The van der Waals surface area contributed by atoms with Gasteiger partial charge in [-0.2, -0.15) is 0 Å². The van der Waals surface area contributed by atoms with Crippen LogP contribution < -0.4 is 5.73 Å². The van der Waals surface area contributed by atoms with E-state index in [4.69, 9.17) is 5.73 Å². The number of nitrogens with two attached hydrogens (primary N) is 1. The second-order valence-corrected chi connectivity index (χ2v) is 5.46. The third-order valence-corrected chi connectivity index (χ3v) is 4.21. The number of aryl methyl sites for hydroxylation is 1. The molecule has 0 spiro atoms. The van der Waals surface area contributed by atoms with Crippen molar-refractivity contribution in [1.29, 1.82) is 0 Å². The maximum atomic E-state index is 13.8. The number of fused-ring (bicyclic) bond motifs is 1. The van der Waals surface area contributed by atoms with Crippen molar-refractivity contribution in [3.05, 3.63) is 70.8 Å². The molecule has 2 atom stereocenters. The van der Waals surface area contributed by atoms with Crippen molar-refractivity contribution in [3.63, 3.8) is 0 Å². The number of benzene rings is 2. The first kappa shape index (κ1) is 13.3. The first-order valence-corrected chi connectivity index (χ1v) is 6.92. The Balaban J connectivity index is 1.84. The van der Waals surface area contributed by atoms with Gasteiger partial charge >= 0.3 is 0 Å². The second kappa shape index (κ2) is 5.33. The number of hydrogen-bond donors (Lipinski definition) is 1. The fourth-order valence-corrected chi connectivity index (χ4v) is 3.06. The lowest BCUT2D eigenvalue weighted by Crippen LogP contribution is -2.27. The van der Waals surface area contributed by atoms with Gasteiger partial charge in [-0.05, 0) is 42.4 Å². The Morgan fingerprint density at radius 1 is 1.05 bits per heavy atom. The van der Waals surface area contributed by atoms with Gasteiger partial charge in [-0.15, -0.1) is 0 Å². The average molecular weight is 273 g/mol. The molecular formula is C17H17F2N. The van der Waals surface area contributed by atoms with Crippen LogP contribution in [0.2, 0.25) is 0 Å². The van der Waals surface area contributed by atoms with Crippen LogP contribution in [-0.2, 0) is 12.8 Å². The summed E-state index contributed by atoms with van der Waals surface area (Å²) in [4.78, 5) is 0. The summed E-state index contributed by atoms with van der Waals surface area (Å²) in [5.41, 5.74) is 9.28. The Bertz CT molecular complexity index is 624. The molecule has 0 radical (unpaired) electrons. The molecule has 2 aromatic carbocycles. The molecule has 0 fully saturated rings. The summed E-state index contributed by atoms with van der Waals surface area (Å²) in [5, 5.41) is 0. The Morgan fingerprint density at radius 3 is 2.55 bits per heavy atom. The molecule has 2 aromatic rings. The molecule has 0 aliphatic heterocycles. The van der Waals surface area contributed by atoms with E-state index in [0.717, 1.165) is 25.3 Å². The fourth-order valence-electron chi connectivity index (χ4n) is 3.06. The van der Waals surface area contributed by atoms with E-state index in [1.807, 2.05) is 12.1 Å². The van der Waals surface area contributed by atoms with Gasteiger partial charge in [-0.3, -0.25) is 0 Å². The van der Waals surface area contributed by atoms with Gasteiger partial charge in [0.15, 0.2) is 0 Å². The number of halogens is 2. The minimum absolute atomic E-state index is 0.199. The van der Waals surface area contributed by atoms with Gasteiger partial charge in [0.2, 0.25) is 0 Å². The van der Waals surface area contributed by atoms with Crippen LogP contribution in [0, 0.1) is 17.6 Å². The summed E-state index contributed by atoms with van der Waals surface area (Å²) in [7, 11) is 0. The Hall–Kier alpha value is -1.74. The van der Waals surface area contributed by atoms with Crippen LogP contribution in [-0.4, -0.2) is 0 Å². The normalized spacial score (nSPS) is 19.4. The van der Waals surface area contributed by atoms with E-state index >= 15 is 0 Å². The van der Waals surface area contributed by atoms with E-state index in [9.17, 15) is 8.78 Å². The monoisotopic (exact) mass is 273 g/mol. The van der Waals surface area contributed by atoms with E-state index in [1.165, 1.54) is 23.3 Å². The smallest absolute Gasteiger partial charge is 0.130 e. The standard InChI is InChI=1S/C17H17F2N/c18-14-7-8-15(16(19)10-14)17(20)13-6-5-11-3-1-2-4-12(11)9-13/h1-4,7-8,10,13,17H,5-6,9,20H2. The zero-order valence-electron chi connectivity index (χ0n) is 11.2. The first-order valence-electron chi connectivity index (χ1n) is 6.92. The Morgan fingerprint density at radius 2 is 1.80 bits per heavy atom. The molecule has 20 heavy (non-hydrogen) atoms. The van der Waals surface area contributed by atoms with E-state index in [2.05, 4.69) is 12.1 Å². The summed E-state index contributed by atoms with van der Waals surface area (Å²) < 4.78 is 26.8. The van der Waals surface area contributed by atoms with Gasteiger partial charge in [-0.25, -0.2) is 8.78 Å². The highest BCUT2D eigenvalue weighted by atomic mass is 19.1. The van der Waals surface area contributed by atoms with Gasteiger partial charge in [0.25, 0.3) is 0 Å². The van der Waals surface area contributed by atoms with Gasteiger partial charge < -0.3 is 5.73 Å². The second-order valence-electron chi connectivity index (χ2n) is 5.46. The molecule has 1 nitrogen and oxygen atoms in total. The third kappa shape index (κ3) is 2.46. The quantitative estimate of drug-likeness (QED) is 0.885. The Labute approximate surface area is 117 Å². The lowest BCUT2D eigenvalue weighted by molar-refractivity contribution is 0.372. The Kier molecular flexibility index (Phi) is 3.53. The first-order chi connectivity index (χ1) is 9.65. The van der Waals surface area contributed by atoms with E-state index in [0.29, 0.717) is 5.56 Å². The molecule has 0 amide bonds. The average Bonchev–Trinajstić information content (AvgIpc) is 2.46. The van der Waals surface area contributed by atoms with Crippen molar-refractivity contribution in [2.45, 2.75) is 25.3 Å². The van der Waals surface area contributed by atoms with Crippen molar-refractivity contribution in [2.75, 3.05) is 0 Å². The van der Waals surface area contributed by atoms with Gasteiger partial charge in [0.05, 0.1) is 0 Å². The van der Waals surface area contributed by atoms with Crippen LogP contribution in [0.5, 0.6) is 0 Å². The lowest BCUT2D eigenvalue weighted by Gasteiger charge is -2.29. The van der Waals surface area contributed by atoms with Crippen molar-refractivity contribution in [2.24, 2.45) is 11.7 Å². The van der Waals surface area contributed by atoms with Crippen molar-refractivity contribution in [3.8, 4) is 0 Å². The van der Waals surface area contributed by atoms with Crippen LogP contribution in [0.4, 0.5) is 8.78 Å². The molecule has 0 saturated carbocycles. The lowest BCUT2D eigenvalue weighted by atomic mass is 9.78. The van der Waals surface area contributed by atoms with E-state index in [1.54, 1.807) is 0 Å². The van der Waals surface area contributed by atoms with Crippen LogP contribution in [0.1, 0.15) is 29.2 Å². The molecular weight excluding hydrogens is 256 g/mol. The van der Waals surface area contributed by atoms with Crippen LogP contribution in [0.25, 0.3) is 0 Å². The van der Waals surface area contributed by atoms with Gasteiger partial charge in [0, 0.05) is 17.7 Å². The van der Waals surface area contributed by atoms with E-state index in [-0.39, 0.29) is 12.0 Å². The molecule has 1 aliphatic carbocycles. The molecule has 1 aliphatic rings. The summed E-state index contributed by atoms with van der Waals surface area (Å²) >= 11 is 0. The van der Waals surface area contributed by atoms with Crippen LogP contribution in [0.3, 0.4) is 0 Å². The summed E-state index contributed by atoms with van der Waals surface area (Å²) in [6, 6.07) is 11.6. The van der Waals surface area contributed by atoms with E-state index < -0.39 is 11.6 Å². The fraction of sp³-hybridized carbons (Fsp3) is 0.294. The van der Waals surface area contributed by atoms with Crippen molar-refractivity contribution >= 4 is 0 Å².